The molecule has 0 saturated carbocycles. The van der Waals surface area contributed by atoms with E-state index in [4.69, 9.17) is 5.11 Å². The summed E-state index contributed by atoms with van der Waals surface area (Å²) >= 11 is 0. The molecular weight excluding hydrogens is 242 g/mol. The highest BCUT2D eigenvalue weighted by atomic mass is 16.3. The predicted molar refractivity (Wildman–Crippen MR) is 73.0 cm³/mol. The van der Waals surface area contributed by atoms with Crippen molar-refractivity contribution in [3.8, 4) is 5.75 Å². The molecule has 0 aliphatic carbocycles. The minimum atomic E-state index is -0.170. The van der Waals surface area contributed by atoms with Crippen molar-refractivity contribution in [1.82, 2.24) is 9.99 Å². The van der Waals surface area contributed by atoms with E-state index in [2.05, 4.69) is 10.5 Å². The molecule has 0 aliphatic heterocycles. The first-order valence-electron chi connectivity index (χ1n) is 5.86. The molecule has 1 amide bonds. The van der Waals surface area contributed by atoms with E-state index in [-0.39, 0.29) is 18.1 Å². The highest BCUT2D eigenvalue weighted by Gasteiger charge is 2.04. The Labute approximate surface area is 111 Å². The molecule has 5 heteroatoms. The topological polar surface area (TPSA) is 66.6 Å². The van der Waals surface area contributed by atoms with Gasteiger partial charge < -0.3 is 9.67 Å². The van der Waals surface area contributed by atoms with Gasteiger partial charge in [0, 0.05) is 18.9 Å². The molecule has 2 rings (SSSR count). The van der Waals surface area contributed by atoms with Crippen molar-refractivity contribution in [2.75, 3.05) is 0 Å². The van der Waals surface area contributed by atoms with Gasteiger partial charge in [-0.05, 0) is 42.0 Å². The number of benzene rings is 1. The minimum Gasteiger partial charge on any atom is -0.508 e. The summed E-state index contributed by atoms with van der Waals surface area (Å²) in [4.78, 5) is 11.6. The van der Waals surface area contributed by atoms with E-state index in [1.807, 2.05) is 29.9 Å². The van der Waals surface area contributed by atoms with Crippen molar-refractivity contribution in [2.24, 2.45) is 12.1 Å². The maximum atomic E-state index is 11.6. The van der Waals surface area contributed by atoms with Gasteiger partial charge in [0.05, 0.1) is 12.6 Å². The summed E-state index contributed by atoms with van der Waals surface area (Å²) in [7, 11) is 1.89. The molecule has 2 aromatic rings. The molecule has 5 nitrogen and oxygen atoms in total. The standard InChI is InChI=1S/C14H15N3O2/c1-17-8-2-3-12(17)9-14(19)16-15-10-11-4-6-13(18)7-5-11/h2-8,10,18H,9H2,1H3,(H,16,19)/b15-10-. The molecule has 0 saturated heterocycles. The Kier molecular flexibility index (Phi) is 3.97. The van der Waals surface area contributed by atoms with Crippen molar-refractivity contribution in [3.63, 3.8) is 0 Å². The van der Waals surface area contributed by atoms with Crippen LogP contribution in [0.2, 0.25) is 0 Å². The number of carbonyl (C=O) groups is 1. The molecule has 0 spiro atoms. The summed E-state index contributed by atoms with van der Waals surface area (Å²) in [6, 6.07) is 10.3. The molecule has 0 fully saturated rings. The normalized spacial score (nSPS) is 10.8. The van der Waals surface area contributed by atoms with Crippen molar-refractivity contribution >= 4 is 12.1 Å². The van der Waals surface area contributed by atoms with Gasteiger partial charge in [-0.1, -0.05) is 0 Å². The lowest BCUT2D eigenvalue weighted by molar-refractivity contribution is -0.120. The molecule has 19 heavy (non-hydrogen) atoms. The SMILES string of the molecule is Cn1cccc1CC(=O)N/N=C\c1ccc(O)cc1. The first-order valence-corrected chi connectivity index (χ1v) is 5.86. The average molecular weight is 257 g/mol. The van der Waals surface area contributed by atoms with Crippen LogP contribution in [0.3, 0.4) is 0 Å². The smallest absolute Gasteiger partial charge is 0.245 e. The largest absolute Gasteiger partial charge is 0.508 e. The summed E-state index contributed by atoms with van der Waals surface area (Å²) in [5.41, 5.74) is 4.20. The van der Waals surface area contributed by atoms with Crippen LogP contribution in [0.15, 0.2) is 47.7 Å². The number of hydrogen-bond acceptors (Lipinski definition) is 3. The van der Waals surface area contributed by atoms with Crippen LogP contribution in [-0.4, -0.2) is 21.8 Å². The zero-order valence-electron chi connectivity index (χ0n) is 10.6. The zero-order valence-corrected chi connectivity index (χ0v) is 10.6. The van der Waals surface area contributed by atoms with Crippen LogP contribution in [0.4, 0.5) is 0 Å². The number of nitrogens with one attached hydrogen (secondary N) is 1. The maximum absolute atomic E-state index is 11.6. The first kappa shape index (κ1) is 12.9. The van der Waals surface area contributed by atoms with Gasteiger partial charge in [0.1, 0.15) is 5.75 Å². The van der Waals surface area contributed by atoms with Gasteiger partial charge in [-0.25, -0.2) is 5.43 Å². The lowest BCUT2D eigenvalue weighted by atomic mass is 10.2. The number of rotatable bonds is 4. The van der Waals surface area contributed by atoms with Gasteiger partial charge in [-0.15, -0.1) is 0 Å². The lowest BCUT2D eigenvalue weighted by Crippen LogP contribution is -2.20. The first-order chi connectivity index (χ1) is 9.15. The van der Waals surface area contributed by atoms with Crippen LogP contribution in [0.25, 0.3) is 0 Å². The number of nitrogens with zero attached hydrogens (tertiary/aromatic N) is 2. The van der Waals surface area contributed by atoms with Gasteiger partial charge in [-0.2, -0.15) is 5.10 Å². The third-order valence-electron chi connectivity index (χ3n) is 2.69. The molecule has 0 atom stereocenters. The molecular formula is C14H15N3O2. The van der Waals surface area contributed by atoms with E-state index in [9.17, 15) is 4.79 Å². The van der Waals surface area contributed by atoms with E-state index in [0.717, 1.165) is 11.3 Å². The average Bonchev–Trinajstić information content (AvgIpc) is 2.78. The van der Waals surface area contributed by atoms with Crippen LogP contribution in [-0.2, 0) is 18.3 Å². The van der Waals surface area contributed by atoms with Gasteiger partial charge in [0.25, 0.3) is 0 Å². The third-order valence-corrected chi connectivity index (χ3v) is 2.69. The second-order valence-electron chi connectivity index (χ2n) is 4.17. The molecule has 0 aliphatic rings. The number of hydrogen-bond donors (Lipinski definition) is 2. The van der Waals surface area contributed by atoms with Gasteiger partial charge in [0.2, 0.25) is 5.91 Å². The predicted octanol–water partition coefficient (Wildman–Crippen LogP) is 1.42. The summed E-state index contributed by atoms with van der Waals surface area (Å²) in [5, 5.41) is 13.0. The van der Waals surface area contributed by atoms with Gasteiger partial charge >= 0.3 is 0 Å². The zero-order chi connectivity index (χ0) is 13.7. The molecule has 1 heterocycles. The monoisotopic (exact) mass is 257 g/mol. The second-order valence-corrected chi connectivity index (χ2v) is 4.17. The number of phenolic OH excluding ortho intramolecular Hbond substituents is 1. The number of amides is 1. The Bertz CT molecular complexity index is 585. The van der Waals surface area contributed by atoms with Gasteiger partial charge in [-0.3, -0.25) is 4.79 Å². The van der Waals surface area contributed by atoms with E-state index in [1.54, 1.807) is 24.3 Å². The quantitative estimate of drug-likeness (QED) is 0.642. The van der Waals surface area contributed by atoms with E-state index in [0.29, 0.717) is 0 Å². The van der Waals surface area contributed by atoms with Crippen molar-refractivity contribution < 1.29 is 9.90 Å². The van der Waals surface area contributed by atoms with Gasteiger partial charge in [0.15, 0.2) is 0 Å². The highest BCUT2D eigenvalue weighted by Crippen LogP contribution is 2.07. The number of aryl methyl sites for hydroxylation is 1. The van der Waals surface area contributed by atoms with E-state index >= 15 is 0 Å². The molecule has 1 aromatic heterocycles. The Balaban J connectivity index is 1.86. The summed E-state index contributed by atoms with van der Waals surface area (Å²) < 4.78 is 1.89. The molecule has 1 aromatic carbocycles. The Morgan fingerprint density at radius 3 is 2.74 bits per heavy atom. The Morgan fingerprint density at radius 1 is 1.37 bits per heavy atom. The van der Waals surface area contributed by atoms with Crippen LogP contribution in [0.5, 0.6) is 5.75 Å². The highest BCUT2D eigenvalue weighted by molar-refractivity contribution is 5.83. The summed E-state index contributed by atoms with van der Waals surface area (Å²) in [6.07, 6.45) is 3.71. The Hall–Kier alpha value is -2.56. The fraction of sp³-hybridized carbons (Fsp3) is 0.143. The minimum absolute atomic E-state index is 0.170. The molecule has 0 bridgehead atoms. The number of aromatic nitrogens is 1. The van der Waals surface area contributed by atoms with Crippen LogP contribution in [0, 0.1) is 0 Å². The fourth-order valence-corrected chi connectivity index (χ4v) is 1.62. The molecule has 2 N–H and O–H groups in total. The third kappa shape index (κ3) is 3.70. The Morgan fingerprint density at radius 2 is 2.11 bits per heavy atom. The summed E-state index contributed by atoms with van der Waals surface area (Å²) in [5.74, 6) is 0.0294. The van der Waals surface area contributed by atoms with Crippen molar-refractivity contribution in [2.45, 2.75) is 6.42 Å². The maximum Gasteiger partial charge on any atom is 0.245 e. The van der Waals surface area contributed by atoms with Crippen LogP contribution in [0.1, 0.15) is 11.3 Å². The van der Waals surface area contributed by atoms with Crippen LogP contribution < -0.4 is 5.43 Å². The molecule has 0 unspecified atom stereocenters. The number of carbonyl (C=O) groups excluding carboxylic acids is 1. The van der Waals surface area contributed by atoms with E-state index < -0.39 is 0 Å². The van der Waals surface area contributed by atoms with Crippen LogP contribution >= 0.6 is 0 Å². The number of phenols is 1. The summed E-state index contributed by atoms with van der Waals surface area (Å²) in [6.45, 7) is 0. The fourth-order valence-electron chi connectivity index (χ4n) is 1.62. The number of hydrazone groups is 1. The molecule has 98 valence electrons. The van der Waals surface area contributed by atoms with Crippen molar-refractivity contribution in [1.29, 1.82) is 0 Å². The second kappa shape index (κ2) is 5.86. The molecule has 0 radical (unpaired) electrons. The lowest BCUT2D eigenvalue weighted by Gasteiger charge is -2.01. The van der Waals surface area contributed by atoms with E-state index in [1.165, 1.54) is 6.21 Å². The number of aromatic hydroxyl groups is 1. The van der Waals surface area contributed by atoms with Crippen molar-refractivity contribution in [3.05, 3.63) is 53.9 Å².